The van der Waals surface area contributed by atoms with E-state index in [1.165, 1.54) is 0 Å². The summed E-state index contributed by atoms with van der Waals surface area (Å²) < 4.78 is 4.61. The molecule has 2 fully saturated rings. The molecule has 3 heterocycles. The summed E-state index contributed by atoms with van der Waals surface area (Å²) in [6.45, 7) is 4.03. The molecule has 0 radical (unpaired) electrons. The molecule has 0 bridgehead atoms. The summed E-state index contributed by atoms with van der Waals surface area (Å²) in [5, 5.41) is 7.35. The maximum absolute atomic E-state index is 12.5. The van der Waals surface area contributed by atoms with Crippen molar-refractivity contribution in [2.75, 3.05) is 26.2 Å². The van der Waals surface area contributed by atoms with Crippen molar-refractivity contribution in [2.24, 2.45) is 11.7 Å². The van der Waals surface area contributed by atoms with E-state index in [2.05, 4.69) is 14.9 Å². The normalized spacial score (nSPS) is 24.2. The van der Waals surface area contributed by atoms with Gasteiger partial charge in [0, 0.05) is 38.6 Å². The minimum atomic E-state index is -0.139. The molecule has 0 aliphatic carbocycles. The molecule has 0 saturated carbocycles. The number of hydrogen-bond donors (Lipinski definition) is 1. The number of rotatable bonds is 3. The maximum atomic E-state index is 12.5. The maximum Gasteiger partial charge on any atom is 0.278 e. The van der Waals surface area contributed by atoms with Crippen molar-refractivity contribution < 1.29 is 14.2 Å². The summed E-state index contributed by atoms with van der Waals surface area (Å²) in [5.41, 5.74) is 6.41. The summed E-state index contributed by atoms with van der Waals surface area (Å²) in [4.78, 5) is 28.2. The van der Waals surface area contributed by atoms with Crippen LogP contribution in [0.25, 0.3) is 0 Å². The van der Waals surface area contributed by atoms with Gasteiger partial charge in [0.1, 0.15) is 5.69 Å². The number of hydrogen-bond acceptors (Lipinski definition) is 6. The predicted octanol–water partition coefficient (Wildman–Crippen LogP) is 0.212. The van der Waals surface area contributed by atoms with Crippen molar-refractivity contribution in [3.05, 3.63) is 11.4 Å². The quantitative estimate of drug-likeness (QED) is 0.841. The number of nitrogens with zero attached hydrogens (tertiary/aromatic N) is 4. The van der Waals surface area contributed by atoms with E-state index in [9.17, 15) is 9.59 Å². The van der Waals surface area contributed by atoms with E-state index in [1.807, 2.05) is 4.90 Å². The second-order valence-electron chi connectivity index (χ2n) is 5.98. The molecule has 2 amide bonds. The number of aromatic nitrogens is 2. The Kier molecular flexibility index (Phi) is 5.59. The molecule has 9 heteroatoms. The lowest BCUT2D eigenvalue weighted by atomic mass is 9.83. The summed E-state index contributed by atoms with van der Waals surface area (Å²) in [5.74, 6) is 0.351. The average molecular weight is 344 g/mol. The first-order valence-electron chi connectivity index (χ1n) is 7.69. The highest BCUT2D eigenvalue weighted by molar-refractivity contribution is 5.93. The van der Waals surface area contributed by atoms with Crippen LogP contribution in [0.1, 0.15) is 35.4 Å². The topological polar surface area (TPSA) is 106 Å². The van der Waals surface area contributed by atoms with E-state index in [0.717, 1.165) is 12.8 Å². The van der Waals surface area contributed by atoms with E-state index in [-0.39, 0.29) is 36.0 Å². The van der Waals surface area contributed by atoms with Crippen LogP contribution >= 0.6 is 12.4 Å². The van der Waals surface area contributed by atoms with Gasteiger partial charge in [-0.1, -0.05) is 5.16 Å². The van der Waals surface area contributed by atoms with Crippen molar-refractivity contribution in [3.8, 4) is 0 Å². The Bertz CT molecular complexity index is 579. The van der Waals surface area contributed by atoms with Crippen LogP contribution in [0.15, 0.2) is 4.63 Å². The number of carbonyl (C=O) groups excluding carboxylic acids is 2. The monoisotopic (exact) mass is 343 g/mol. The number of piperidine rings is 2. The van der Waals surface area contributed by atoms with Crippen LogP contribution in [0.2, 0.25) is 0 Å². The first kappa shape index (κ1) is 17.7. The fraction of sp³-hybridized carbons (Fsp3) is 0.714. The zero-order valence-corrected chi connectivity index (χ0v) is 13.9. The zero-order valence-electron chi connectivity index (χ0n) is 13.1. The van der Waals surface area contributed by atoms with Gasteiger partial charge in [0.25, 0.3) is 5.91 Å². The lowest BCUT2D eigenvalue weighted by Crippen LogP contribution is -2.57. The number of aryl methyl sites for hydroxylation is 1. The Morgan fingerprint density at radius 2 is 2.17 bits per heavy atom. The van der Waals surface area contributed by atoms with E-state index in [4.69, 9.17) is 5.73 Å². The van der Waals surface area contributed by atoms with Gasteiger partial charge in [0.05, 0.1) is 0 Å². The third-order valence-electron chi connectivity index (χ3n) is 4.66. The molecule has 1 aromatic rings. The summed E-state index contributed by atoms with van der Waals surface area (Å²) in [6.07, 6.45) is 2.14. The number of carbonyl (C=O) groups is 2. The molecule has 2 aliphatic rings. The van der Waals surface area contributed by atoms with Crippen molar-refractivity contribution in [2.45, 2.75) is 32.2 Å². The number of likely N-dealkylation sites (tertiary alicyclic amines) is 2. The van der Waals surface area contributed by atoms with Gasteiger partial charge in [-0.15, -0.1) is 12.4 Å². The third-order valence-corrected chi connectivity index (χ3v) is 4.66. The van der Waals surface area contributed by atoms with Gasteiger partial charge in [-0.05, 0) is 30.8 Å². The van der Waals surface area contributed by atoms with Crippen molar-refractivity contribution in [1.82, 2.24) is 20.1 Å². The van der Waals surface area contributed by atoms with Gasteiger partial charge in [-0.2, -0.15) is 0 Å². The Balaban J connectivity index is 0.00000192. The Hall–Kier alpha value is -1.67. The number of fused-ring (bicyclic) bond motifs is 1. The molecule has 0 unspecified atom stereocenters. The summed E-state index contributed by atoms with van der Waals surface area (Å²) in [6, 6.07) is 0.199. The molecule has 2 atom stereocenters. The molecule has 0 spiro atoms. The molecule has 2 N–H and O–H groups in total. The largest absolute Gasteiger partial charge is 0.338 e. The molecule has 3 rings (SSSR count). The minimum absolute atomic E-state index is 0. The van der Waals surface area contributed by atoms with Crippen LogP contribution in [-0.4, -0.2) is 64.1 Å². The van der Waals surface area contributed by atoms with Gasteiger partial charge in [-0.25, -0.2) is 4.63 Å². The molecule has 23 heavy (non-hydrogen) atoms. The van der Waals surface area contributed by atoms with Crippen LogP contribution in [0.4, 0.5) is 0 Å². The second kappa shape index (κ2) is 7.27. The van der Waals surface area contributed by atoms with Crippen LogP contribution in [0.5, 0.6) is 0 Å². The first-order valence-corrected chi connectivity index (χ1v) is 7.69. The summed E-state index contributed by atoms with van der Waals surface area (Å²) >= 11 is 0. The van der Waals surface area contributed by atoms with Gasteiger partial charge >= 0.3 is 0 Å². The van der Waals surface area contributed by atoms with E-state index in [0.29, 0.717) is 44.2 Å². The molecule has 128 valence electrons. The molecular formula is C14H22ClN5O3. The highest BCUT2D eigenvalue weighted by atomic mass is 35.5. The smallest absolute Gasteiger partial charge is 0.278 e. The van der Waals surface area contributed by atoms with E-state index < -0.39 is 0 Å². The number of amides is 2. The highest BCUT2D eigenvalue weighted by Crippen LogP contribution is 2.31. The molecular weight excluding hydrogens is 322 g/mol. The first-order chi connectivity index (χ1) is 10.6. The molecule has 2 aliphatic heterocycles. The Morgan fingerprint density at radius 3 is 2.83 bits per heavy atom. The van der Waals surface area contributed by atoms with Crippen LogP contribution in [-0.2, 0) is 4.79 Å². The molecule has 2 saturated heterocycles. The Labute approximate surface area is 140 Å². The number of nitrogens with two attached hydrogens (primary N) is 1. The van der Waals surface area contributed by atoms with Gasteiger partial charge in [-0.3, -0.25) is 9.59 Å². The van der Waals surface area contributed by atoms with Crippen LogP contribution in [0, 0.1) is 12.8 Å². The van der Waals surface area contributed by atoms with Crippen molar-refractivity contribution >= 4 is 24.2 Å². The molecule has 1 aromatic heterocycles. The molecule has 8 nitrogen and oxygen atoms in total. The number of halogens is 1. The Morgan fingerprint density at radius 1 is 1.39 bits per heavy atom. The SMILES string of the molecule is Cc1nonc1C(=O)N1CC[C@@H]2[C@@H](CCC(=O)N2CCN)C1.Cl. The fourth-order valence-electron chi connectivity index (χ4n) is 3.54. The van der Waals surface area contributed by atoms with E-state index in [1.54, 1.807) is 11.8 Å². The van der Waals surface area contributed by atoms with Gasteiger partial charge in [0.15, 0.2) is 5.69 Å². The van der Waals surface area contributed by atoms with Gasteiger partial charge < -0.3 is 15.5 Å². The van der Waals surface area contributed by atoms with Crippen LogP contribution in [0.3, 0.4) is 0 Å². The van der Waals surface area contributed by atoms with E-state index >= 15 is 0 Å². The lowest BCUT2D eigenvalue weighted by Gasteiger charge is -2.46. The minimum Gasteiger partial charge on any atom is -0.338 e. The highest BCUT2D eigenvalue weighted by Gasteiger charge is 2.40. The second-order valence-corrected chi connectivity index (χ2v) is 5.98. The predicted molar refractivity (Wildman–Crippen MR) is 84.1 cm³/mol. The lowest BCUT2D eigenvalue weighted by molar-refractivity contribution is -0.140. The van der Waals surface area contributed by atoms with Crippen molar-refractivity contribution in [1.29, 1.82) is 0 Å². The summed E-state index contributed by atoms with van der Waals surface area (Å²) in [7, 11) is 0. The third kappa shape index (κ3) is 3.32. The molecule has 0 aromatic carbocycles. The zero-order chi connectivity index (χ0) is 15.7. The standard InChI is InChI=1S/C14H21N5O3.ClH/c1-9-13(17-22-16-9)14(21)18-6-4-11-10(8-18)2-3-12(20)19(11)7-5-15;/h10-11H,2-8,15H2,1H3;1H/t10-,11+;/m0./s1. The van der Waals surface area contributed by atoms with Gasteiger partial charge in [0.2, 0.25) is 5.91 Å². The average Bonchev–Trinajstić information content (AvgIpc) is 2.95. The van der Waals surface area contributed by atoms with Crippen molar-refractivity contribution in [3.63, 3.8) is 0 Å². The van der Waals surface area contributed by atoms with Crippen LogP contribution < -0.4 is 5.73 Å². The fourth-order valence-corrected chi connectivity index (χ4v) is 3.54.